The molecular weight excluding hydrogens is 316 g/mol. The first-order valence-electron chi connectivity index (χ1n) is 8.22. The second-order valence-electron chi connectivity index (χ2n) is 5.57. The molecule has 1 unspecified atom stereocenters. The number of amides is 1. The minimum Gasteiger partial charge on any atom is -0.490 e. The maximum absolute atomic E-state index is 12.1. The second-order valence-corrected chi connectivity index (χ2v) is 5.57. The van der Waals surface area contributed by atoms with Crippen molar-refractivity contribution < 1.29 is 13.9 Å². The van der Waals surface area contributed by atoms with Crippen molar-refractivity contribution >= 4 is 23.0 Å². The summed E-state index contributed by atoms with van der Waals surface area (Å²) >= 11 is 0. The van der Waals surface area contributed by atoms with Crippen LogP contribution < -0.4 is 10.1 Å². The van der Waals surface area contributed by atoms with Crippen LogP contribution in [0.2, 0.25) is 0 Å². The van der Waals surface area contributed by atoms with Crippen molar-refractivity contribution in [2.24, 2.45) is 0 Å². The summed E-state index contributed by atoms with van der Waals surface area (Å²) in [6, 6.07) is 13.0. The Balaban J connectivity index is 1.71. The highest BCUT2D eigenvalue weighted by Gasteiger charge is 2.15. The van der Waals surface area contributed by atoms with E-state index < -0.39 is 0 Å². The Kier molecular flexibility index (Phi) is 5.14. The van der Waals surface area contributed by atoms with Gasteiger partial charge in [0, 0.05) is 17.7 Å². The van der Waals surface area contributed by atoms with E-state index in [-0.39, 0.29) is 11.9 Å². The summed E-state index contributed by atoms with van der Waals surface area (Å²) in [7, 11) is 0. The van der Waals surface area contributed by atoms with Crippen LogP contribution in [0.4, 0.5) is 0 Å². The number of hydrogen-bond donors (Lipinski definition) is 1. The average Bonchev–Trinajstić information content (AvgIpc) is 3.07. The van der Waals surface area contributed by atoms with Crippen molar-refractivity contribution in [3.05, 3.63) is 66.2 Å². The summed E-state index contributed by atoms with van der Waals surface area (Å²) in [5.41, 5.74) is 1.43. The third-order valence-electron chi connectivity index (χ3n) is 3.71. The topological polar surface area (TPSA) is 64.4 Å². The van der Waals surface area contributed by atoms with Crippen molar-refractivity contribution in [1.82, 2.24) is 10.3 Å². The van der Waals surface area contributed by atoms with E-state index in [1.807, 2.05) is 56.3 Å². The quantitative estimate of drug-likeness (QED) is 0.688. The second kappa shape index (κ2) is 7.66. The third kappa shape index (κ3) is 4.07. The Bertz CT molecular complexity index is 884. The van der Waals surface area contributed by atoms with Crippen LogP contribution >= 0.6 is 0 Å². The number of furan rings is 1. The van der Waals surface area contributed by atoms with E-state index in [2.05, 4.69) is 10.3 Å². The zero-order chi connectivity index (χ0) is 17.6. The molecule has 0 aliphatic heterocycles. The Morgan fingerprint density at radius 3 is 2.96 bits per heavy atom. The van der Waals surface area contributed by atoms with Crippen LogP contribution in [0.1, 0.15) is 31.3 Å². The van der Waals surface area contributed by atoms with Crippen molar-refractivity contribution in [3.63, 3.8) is 0 Å². The number of rotatable bonds is 6. The number of ether oxygens (including phenoxy) is 1. The fraction of sp³-hybridized carbons (Fsp3) is 0.200. The largest absolute Gasteiger partial charge is 0.490 e. The summed E-state index contributed by atoms with van der Waals surface area (Å²) in [5.74, 6) is 1.19. The molecule has 25 heavy (non-hydrogen) atoms. The molecule has 0 radical (unpaired) electrons. The molecule has 0 fully saturated rings. The molecule has 1 amide bonds. The van der Waals surface area contributed by atoms with Crippen molar-refractivity contribution in [2.75, 3.05) is 6.61 Å². The Morgan fingerprint density at radius 1 is 1.32 bits per heavy atom. The SMILES string of the molecule is CCOc1cccc2cc(C(C)NC(=O)C=Cc3ccccn3)oc12. The van der Waals surface area contributed by atoms with Gasteiger partial charge in [0.25, 0.3) is 0 Å². The molecule has 1 aromatic carbocycles. The lowest BCUT2D eigenvalue weighted by atomic mass is 10.2. The summed E-state index contributed by atoms with van der Waals surface area (Å²) in [5, 5.41) is 3.84. The summed E-state index contributed by atoms with van der Waals surface area (Å²) in [6.07, 6.45) is 4.82. The number of para-hydroxylation sites is 1. The first-order chi connectivity index (χ1) is 12.2. The van der Waals surface area contributed by atoms with E-state index >= 15 is 0 Å². The van der Waals surface area contributed by atoms with Gasteiger partial charge < -0.3 is 14.5 Å². The molecule has 0 aliphatic carbocycles. The zero-order valence-electron chi connectivity index (χ0n) is 14.2. The monoisotopic (exact) mass is 336 g/mol. The molecule has 0 spiro atoms. The number of pyridine rings is 1. The Labute approximate surface area is 146 Å². The lowest BCUT2D eigenvalue weighted by Crippen LogP contribution is -2.24. The number of nitrogens with one attached hydrogen (secondary N) is 1. The molecule has 0 bridgehead atoms. The van der Waals surface area contributed by atoms with Crippen LogP contribution in [-0.2, 0) is 4.79 Å². The van der Waals surface area contributed by atoms with E-state index in [1.54, 1.807) is 12.3 Å². The van der Waals surface area contributed by atoms with E-state index in [0.717, 1.165) is 11.1 Å². The molecule has 0 saturated heterocycles. The number of benzene rings is 1. The minimum atomic E-state index is -0.261. The van der Waals surface area contributed by atoms with Crippen LogP contribution in [0.15, 0.2) is 59.2 Å². The standard InChI is InChI=1S/C20H20N2O3/c1-3-24-17-9-6-7-15-13-18(25-20(15)17)14(2)22-19(23)11-10-16-8-4-5-12-21-16/h4-14H,3H2,1-2H3,(H,22,23). The van der Waals surface area contributed by atoms with Crippen molar-refractivity contribution in [3.8, 4) is 5.75 Å². The maximum Gasteiger partial charge on any atom is 0.244 e. The fourth-order valence-electron chi connectivity index (χ4n) is 2.51. The van der Waals surface area contributed by atoms with Crippen LogP contribution in [0.3, 0.4) is 0 Å². The molecule has 1 atom stereocenters. The van der Waals surface area contributed by atoms with Crippen LogP contribution in [0, 0.1) is 0 Å². The number of fused-ring (bicyclic) bond motifs is 1. The molecule has 0 aliphatic rings. The molecule has 3 aromatic rings. The van der Waals surface area contributed by atoms with Crippen LogP contribution in [-0.4, -0.2) is 17.5 Å². The molecule has 128 valence electrons. The molecule has 1 N–H and O–H groups in total. The predicted octanol–water partition coefficient (Wildman–Crippen LogP) is 4.12. The summed E-state index contributed by atoms with van der Waals surface area (Å²) in [4.78, 5) is 16.2. The normalized spacial score (nSPS) is 12.4. The van der Waals surface area contributed by atoms with Crippen molar-refractivity contribution in [2.45, 2.75) is 19.9 Å². The number of carbonyl (C=O) groups is 1. The number of carbonyl (C=O) groups excluding carboxylic acids is 1. The number of hydrogen-bond acceptors (Lipinski definition) is 4. The van der Waals surface area contributed by atoms with E-state index in [4.69, 9.17) is 9.15 Å². The van der Waals surface area contributed by atoms with E-state index in [1.165, 1.54) is 6.08 Å². The highest BCUT2D eigenvalue weighted by molar-refractivity contribution is 5.91. The highest BCUT2D eigenvalue weighted by atomic mass is 16.5. The molecule has 2 heterocycles. The van der Waals surface area contributed by atoms with E-state index in [9.17, 15) is 4.79 Å². The molecular formula is C20H20N2O3. The first kappa shape index (κ1) is 16.8. The minimum absolute atomic E-state index is 0.205. The summed E-state index contributed by atoms with van der Waals surface area (Å²) in [6.45, 7) is 4.38. The summed E-state index contributed by atoms with van der Waals surface area (Å²) < 4.78 is 11.5. The van der Waals surface area contributed by atoms with Gasteiger partial charge in [-0.05, 0) is 44.2 Å². The van der Waals surface area contributed by atoms with Crippen LogP contribution in [0.25, 0.3) is 17.0 Å². The van der Waals surface area contributed by atoms with Gasteiger partial charge in [0.05, 0.1) is 18.3 Å². The third-order valence-corrected chi connectivity index (χ3v) is 3.71. The lowest BCUT2D eigenvalue weighted by Gasteiger charge is -2.09. The zero-order valence-corrected chi connectivity index (χ0v) is 14.2. The predicted molar refractivity (Wildman–Crippen MR) is 97.2 cm³/mol. The van der Waals surface area contributed by atoms with Gasteiger partial charge in [-0.2, -0.15) is 0 Å². The molecule has 3 rings (SSSR count). The molecule has 5 heteroatoms. The van der Waals surface area contributed by atoms with Gasteiger partial charge in [-0.1, -0.05) is 18.2 Å². The smallest absolute Gasteiger partial charge is 0.244 e. The molecule has 2 aromatic heterocycles. The van der Waals surface area contributed by atoms with Gasteiger partial charge in [0.15, 0.2) is 11.3 Å². The van der Waals surface area contributed by atoms with Crippen molar-refractivity contribution in [1.29, 1.82) is 0 Å². The van der Waals surface area contributed by atoms with E-state index in [0.29, 0.717) is 23.7 Å². The molecule has 5 nitrogen and oxygen atoms in total. The number of aromatic nitrogens is 1. The lowest BCUT2D eigenvalue weighted by molar-refractivity contribution is -0.117. The van der Waals surface area contributed by atoms with Gasteiger partial charge in [-0.15, -0.1) is 0 Å². The maximum atomic E-state index is 12.1. The van der Waals surface area contributed by atoms with Gasteiger partial charge >= 0.3 is 0 Å². The Morgan fingerprint density at radius 2 is 2.20 bits per heavy atom. The fourth-order valence-corrected chi connectivity index (χ4v) is 2.51. The van der Waals surface area contributed by atoms with Gasteiger partial charge in [-0.25, -0.2) is 0 Å². The highest BCUT2D eigenvalue weighted by Crippen LogP contribution is 2.31. The number of nitrogens with zero attached hydrogens (tertiary/aromatic N) is 1. The first-order valence-corrected chi connectivity index (χ1v) is 8.22. The molecule has 0 saturated carbocycles. The van der Waals surface area contributed by atoms with Crippen LogP contribution in [0.5, 0.6) is 5.75 Å². The van der Waals surface area contributed by atoms with Gasteiger partial charge in [0.2, 0.25) is 5.91 Å². The Hall–Kier alpha value is -3.08. The average molecular weight is 336 g/mol. The van der Waals surface area contributed by atoms with Gasteiger partial charge in [-0.3, -0.25) is 9.78 Å². The van der Waals surface area contributed by atoms with Gasteiger partial charge in [0.1, 0.15) is 5.76 Å².